The topological polar surface area (TPSA) is 82.7 Å². The van der Waals surface area contributed by atoms with Crippen LogP contribution in [-0.2, 0) is 0 Å². The van der Waals surface area contributed by atoms with E-state index >= 15 is 0 Å². The van der Waals surface area contributed by atoms with Gasteiger partial charge in [0.05, 0.1) is 10.7 Å². The van der Waals surface area contributed by atoms with Crippen molar-refractivity contribution in [2.75, 3.05) is 11.5 Å². The molecule has 0 saturated carbocycles. The molecule has 3 aromatic rings. The Morgan fingerprint density at radius 2 is 1.76 bits per heavy atom. The molecule has 0 bridgehead atoms. The van der Waals surface area contributed by atoms with Crippen molar-refractivity contribution in [3.05, 3.63) is 53.3 Å². The molecule has 0 aliphatic rings. The highest BCUT2D eigenvalue weighted by atomic mass is 35.5. The number of rotatable bonds is 2. The summed E-state index contributed by atoms with van der Waals surface area (Å²) in [7, 11) is 0. The predicted molar refractivity (Wildman–Crippen MR) is 80.6 cm³/mol. The van der Waals surface area contributed by atoms with E-state index in [4.69, 9.17) is 23.1 Å². The van der Waals surface area contributed by atoms with E-state index in [9.17, 15) is 4.39 Å². The third kappa shape index (κ3) is 2.53. The van der Waals surface area contributed by atoms with Crippen LogP contribution in [0.25, 0.3) is 16.8 Å². The van der Waals surface area contributed by atoms with Crippen LogP contribution in [0.3, 0.4) is 0 Å². The SMILES string of the molecule is Nc1nc(N)n(-c2ccc(-c3ccc(F)cc3)c(Cl)c2)n1. The Labute approximate surface area is 125 Å². The maximum Gasteiger partial charge on any atom is 0.241 e. The summed E-state index contributed by atoms with van der Waals surface area (Å²) in [4.78, 5) is 3.83. The van der Waals surface area contributed by atoms with Gasteiger partial charge in [0.2, 0.25) is 11.9 Å². The summed E-state index contributed by atoms with van der Waals surface area (Å²) in [6.45, 7) is 0. The first kappa shape index (κ1) is 13.4. The molecule has 0 aliphatic heterocycles. The molecular weight excluding hydrogens is 293 g/mol. The van der Waals surface area contributed by atoms with Gasteiger partial charge in [-0.3, -0.25) is 0 Å². The van der Waals surface area contributed by atoms with Gasteiger partial charge >= 0.3 is 0 Å². The zero-order valence-electron chi connectivity index (χ0n) is 10.8. The lowest BCUT2D eigenvalue weighted by atomic mass is 10.1. The smallest absolute Gasteiger partial charge is 0.241 e. The summed E-state index contributed by atoms with van der Waals surface area (Å²) in [6, 6.07) is 11.4. The Morgan fingerprint density at radius 1 is 1.05 bits per heavy atom. The molecular formula is C14H11ClFN5. The summed E-state index contributed by atoms with van der Waals surface area (Å²) in [5, 5.41) is 4.48. The number of hydrogen-bond donors (Lipinski definition) is 2. The molecule has 3 rings (SSSR count). The number of nitrogens with zero attached hydrogens (tertiary/aromatic N) is 3. The van der Waals surface area contributed by atoms with Crippen LogP contribution in [-0.4, -0.2) is 14.8 Å². The standard InChI is InChI=1S/C14H11ClFN5/c15-12-7-10(21-14(18)19-13(17)20-21)5-6-11(12)8-1-3-9(16)4-2-8/h1-7H,(H4,17,18,19,20). The van der Waals surface area contributed by atoms with E-state index in [0.29, 0.717) is 10.7 Å². The lowest BCUT2D eigenvalue weighted by Crippen LogP contribution is -2.02. The Balaban J connectivity index is 2.04. The van der Waals surface area contributed by atoms with Crippen LogP contribution in [0.2, 0.25) is 5.02 Å². The van der Waals surface area contributed by atoms with Crippen molar-refractivity contribution in [2.24, 2.45) is 0 Å². The van der Waals surface area contributed by atoms with Crippen LogP contribution < -0.4 is 11.5 Å². The Kier molecular flexibility index (Phi) is 3.23. The van der Waals surface area contributed by atoms with Crippen LogP contribution >= 0.6 is 11.6 Å². The third-order valence-corrected chi connectivity index (χ3v) is 3.31. The molecule has 0 unspecified atom stereocenters. The van der Waals surface area contributed by atoms with Crippen molar-refractivity contribution in [3.8, 4) is 16.8 Å². The summed E-state index contributed by atoms with van der Waals surface area (Å²) in [5.41, 5.74) is 13.5. The number of anilines is 2. The molecule has 0 atom stereocenters. The summed E-state index contributed by atoms with van der Waals surface area (Å²) >= 11 is 6.29. The number of halogens is 2. The molecule has 5 nitrogen and oxygen atoms in total. The van der Waals surface area contributed by atoms with Gasteiger partial charge in [-0.2, -0.15) is 9.67 Å². The van der Waals surface area contributed by atoms with E-state index in [1.54, 1.807) is 24.3 Å². The van der Waals surface area contributed by atoms with E-state index in [-0.39, 0.29) is 17.7 Å². The highest BCUT2D eigenvalue weighted by Gasteiger charge is 2.10. The Hall–Kier alpha value is -2.60. The number of benzene rings is 2. The molecule has 106 valence electrons. The van der Waals surface area contributed by atoms with Crippen molar-refractivity contribution in [2.45, 2.75) is 0 Å². The first-order valence-electron chi connectivity index (χ1n) is 6.08. The molecule has 0 radical (unpaired) electrons. The largest absolute Gasteiger partial charge is 0.368 e. The molecule has 2 aromatic carbocycles. The lowest BCUT2D eigenvalue weighted by molar-refractivity contribution is 0.628. The molecule has 0 amide bonds. The monoisotopic (exact) mass is 303 g/mol. The van der Waals surface area contributed by atoms with Crippen molar-refractivity contribution in [1.82, 2.24) is 14.8 Å². The molecule has 1 aromatic heterocycles. The summed E-state index contributed by atoms with van der Waals surface area (Å²) < 4.78 is 14.4. The Bertz CT molecular complexity index is 798. The predicted octanol–water partition coefficient (Wildman–Crippen LogP) is 2.89. The zero-order chi connectivity index (χ0) is 15.0. The van der Waals surface area contributed by atoms with Crippen LogP contribution in [0.1, 0.15) is 0 Å². The average molecular weight is 304 g/mol. The Morgan fingerprint density at radius 3 is 2.33 bits per heavy atom. The molecule has 0 fully saturated rings. The van der Waals surface area contributed by atoms with Crippen molar-refractivity contribution < 1.29 is 4.39 Å². The highest BCUT2D eigenvalue weighted by molar-refractivity contribution is 6.33. The van der Waals surface area contributed by atoms with E-state index in [1.807, 2.05) is 6.07 Å². The van der Waals surface area contributed by atoms with Gasteiger partial charge in [0, 0.05) is 5.56 Å². The quantitative estimate of drug-likeness (QED) is 0.762. The van der Waals surface area contributed by atoms with Crippen LogP contribution in [0.15, 0.2) is 42.5 Å². The first-order chi connectivity index (χ1) is 10.0. The number of hydrogen-bond acceptors (Lipinski definition) is 4. The maximum atomic E-state index is 13.0. The van der Waals surface area contributed by atoms with Gasteiger partial charge in [-0.15, -0.1) is 5.10 Å². The minimum absolute atomic E-state index is 0.0891. The van der Waals surface area contributed by atoms with E-state index < -0.39 is 0 Å². The van der Waals surface area contributed by atoms with E-state index in [0.717, 1.165) is 11.1 Å². The van der Waals surface area contributed by atoms with Crippen molar-refractivity contribution in [3.63, 3.8) is 0 Å². The van der Waals surface area contributed by atoms with Gasteiger partial charge in [-0.05, 0) is 29.8 Å². The van der Waals surface area contributed by atoms with Gasteiger partial charge in [0.15, 0.2) is 0 Å². The van der Waals surface area contributed by atoms with Crippen molar-refractivity contribution >= 4 is 23.5 Å². The summed E-state index contributed by atoms with van der Waals surface area (Å²) in [5.74, 6) is -0.0262. The van der Waals surface area contributed by atoms with Gasteiger partial charge in [-0.1, -0.05) is 29.8 Å². The van der Waals surface area contributed by atoms with E-state index in [2.05, 4.69) is 10.1 Å². The number of aromatic nitrogens is 3. The van der Waals surface area contributed by atoms with Gasteiger partial charge < -0.3 is 11.5 Å². The first-order valence-corrected chi connectivity index (χ1v) is 6.46. The second-order valence-corrected chi connectivity index (χ2v) is 4.82. The average Bonchev–Trinajstić information content (AvgIpc) is 2.79. The van der Waals surface area contributed by atoms with E-state index in [1.165, 1.54) is 16.8 Å². The fraction of sp³-hybridized carbons (Fsp3) is 0. The van der Waals surface area contributed by atoms with Gasteiger partial charge in [-0.25, -0.2) is 4.39 Å². The molecule has 21 heavy (non-hydrogen) atoms. The molecule has 7 heteroatoms. The second kappa shape index (κ2) is 5.06. The summed E-state index contributed by atoms with van der Waals surface area (Å²) in [6.07, 6.45) is 0. The molecule has 0 saturated heterocycles. The minimum atomic E-state index is -0.294. The second-order valence-electron chi connectivity index (χ2n) is 4.41. The fourth-order valence-corrected chi connectivity index (χ4v) is 2.31. The molecule has 0 aliphatic carbocycles. The van der Waals surface area contributed by atoms with Crippen LogP contribution in [0, 0.1) is 5.82 Å². The molecule has 1 heterocycles. The number of nitrogen functional groups attached to an aromatic ring is 2. The fourth-order valence-electron chi connectivity index (χ4n) is 2.03. The highest BCUT2D eigenvalue weighted by Crippen LogP contribution is 2.30. The maximum absolute atomic E-state index is 13.0. The molecule has 4 N–H and O–H groups in total. The zero-order valence-corrected chi connectivity index (χ0v) is 11.5. The van der Waals surface area contributed by atoms with Gasteiger partial charge in [0.1, 0.15) is 5.82 Å². The normalized spacial score (nSPS) is 10.8. The number of nitrogens with two attached hydrogens (primary N) is 2. The van der Waals surface area contributed by atoms with Crippen LogP contribution in [0.4, 0.5) is 16.3 Å². The van der Waals surface area contributed by atoms with Gasteiger partial charge in [0.25, 0.3) is 0 Å². The van der Waals surface area contributed by atoms with Crippen LogP contribution in [0.5, 0.6) is 0 Å². The van der Waals surface area contributed by atoms with Crippen molar-refractivity contribution in [1.29, 1.82) is 0 Å². The third-order valence-electron chi connectivity index (χ3n) is 3.00. The molecule has 0 spiro atoms. The lowest BCUT2D eigenvalue weighted by Gasteiger charge is -2.08. The minimum Gasteiger partial charge on any atom is -0.368 e.